The van der Waals surface area contributed by atoms with E-state index in [0.717, 1.165) is 42.5 Å². The van der Waals surface area contributed by atoms with Gasteiger partial charge in [0, 0.05) is 24.7 Å². The van der Waals surface area contributed by atoms with Crippen molar-refractivity contribution in [3.05, 3.63) is 41.2 Å². The monoisotopic (exact) mass is 284 g/mol. The second-order valence-corrected chi connectivity index (χ2v) is 5.34. The number of nitrogens with zero attached hydrogens (tertiary/aromatic N) is 2. The van der Waals surface area contributed by atoms with Gasteiger partial charge < -0.3 is 10.6 Å². The minimum absolute atomic E-state index is 0.842. The number of anilines is 3. The van der Waals surface area contributed by atoms with Crippen molar-refractivity contribution in [3.8, 4) is 0 Å². The molecule has 4 heteroatoms. The maximum absolute atomic E-state index is 4.60. The molecular formula is C17H24N4. The molecule has 2 rings (SSSR count). The summed E-state index contributed by atoms with van der Waals surface area (Å²) < 4.78 is 0. The maximum atomic E-state index is 4.60. The van der Waals surface area contributed by atoms with Crippen LogP contribution in [0.4, 0.5) is 17.3 Å². The number of aryl methyl sites for hydroxylation is 3. The molecule has 1 aromatic carbocycles. The van der Waals surface area contributed by atoms with Crippen LogP contribution in [-0.4, -0.2) is 16.5 Å². The molecule has 1 heterocycles. The van der Waals surface area contributed by atoms with Gasteiger partial charge in [0.2, 0.25) is 0 Å². The molecule has 0 aliphatic rings. The third kappa shape index (κ3) is 4.45. The van der Waals surface area contributed by atoms with E-state index < -0.39 is 0 Å². The number of nitrogens with one attached hydrogen (secondary N) is 2. The highest BCUT2D eigenvalue weighted by Gasteiger charge is 2.05. The number of hydrogen-bond donors (Lipinski definition) is 2. The van der Waals surface area contributed by atoms with Crippen LogP contribution in [0.25, 0.3) is 0 Å². The highest BCUT2D eigenvalue weighted by Crippen LogP contribution is 2.20. The SMILES string of the molecule is CCCc1nc(NCC)cc(Nc2cc(C)cc(C)c2)n1. The van der Waals surface area contributed by atoms with Gasteiger partial charge in [-0.1, -0.05) is 13.0 Å². The number of aromatic nitrogens is 2. The molecular weight excluding hydrogens is 260 g/mol. The van der Waals surface area contributed by atoms with Gasteiger partial charge in [0.05, 0.1) is 0 Å². The molecule has 0 amide bonds. The third-order valence-electron chi connectivity index (χ3n) is 3.10. The molecule has 112 valence electrons. The van der Waals surface area contributed by atoms with Crippen molar-refractivity contribution in [2.45, 2.75) is 40.5 Å². The lowest BCUT2D eigenvalue weighted by molar-refractivity contribution is 0.836. The Bertz CT molecular complexity index is 563. The van der Waals surface area contributed by atoms with E-state index in [-0.39, 0.29) is 0 Å². The molecule has 1 aromatic heterocycles. The number of rotatable bonds is 6. The fourth-order valence-corrected chi connectivity index (χ4v) is 2.36. The average Bonchev–Trinajstić information content (AvgIpc) is 2.37. The van der Waals surface area contributed by atoms with Gasteiger partial charge in [0.25, 0.3) is 0 Å². The normalized spacial score (nSPS) is 10.5. The van der Waals surface area contributed by atoms with Crippen molar-refractivity contribution in [1.82, 2.24) is 9.97 Å². The molecule has 0 unspecified atom stereocenters. The quantitative estimate of drug-likeness (QED) is 0.833. The standard InChI is InChI=1S/C17H24N4/c1-5-7-15-20-16(18-6-2)11-17(21-15)19-14-9-12(3)8-13(4)10-14/h8-11H,5-7H2,1-4H3,(H2,18,19,20,21). The van der Waals surface area contributed by atoms with Gasteiger partial charge in [-0.15, -0.1) is 0 Å². The second-order valence-electron chi connectivity index (χ2n) is 5.34. The summed E-state index contributed by atoms with van der Waals surface area (Å²) in [6, 6.07) is 8.38. The fourth-order valence-electron chi connectivity index (χ4n) is 2.36. The summed E-state index contributed by atoms with van der Waals surface area (Å²) in [4.78, 5) is 9.13. The Kier molecular flexibility index (Phi) is 5.14. The lowest BCUT2D eigenvalue weighted by Crippen LogP contribution is -2.06. The lowest BCUT2D eigenvalue weighted by atomic mass is 10.1. The van der Waals surface area contributed by atoms with Crippen LogP contribution in [0.1, 0.15) is 37.2 Å². The molecule has 4 nitrogen and oxygen atoms in total. The molecule has 0 fully saturated rings. The molecule has 0 radical (unpaired) electrons. The molecule has 0 spiro atoms. The van der Waals surface area contributed by atoms with Crippen LogP contribution in [0.3, 0.4) is 0 Å². The molecule has 0 aliphatic heterocycles. The van der Waals surface area contributed by atoms with Crippen molar-refractivity contribution in [3.63, 3.8) is 0 Å². The summed E-state index contributed by atoms with van der Waals surface area (Å²) >= 11 is 0. The number of benzene rings is 1. The summed E-state index contributed by atoms with van der Waals surface area (Å²) in [5, 5.41) is 6.66. The van der Waals surface area contributed by atoms with E-state index in [0.29, 0.717) is 0 Å². The van der Waals surface area contributed by atoms with E-state index in [9.17, 15) is 0 Å². The molecule has 2 N–H and O–H groups in total. The minimum Gasteiger partial charge on any atom is -0.370 e. The molecule has 0 bridgehead atoms. The average molecular weight is 284 g/mol. The first-order chi connectivity index (χ1) is 10.1. The van der Waals surface area contributed by atoms with Crippen LogP contribution in [-0.2, 0) is 6.42 Å². The van der Waals surface area contributed by atoms with E-state index in [1.807, 2.05) is 6.07 Å². The summed E-state index contributed by atoms with van der Waals surface area (Å²) in [7, 11) is 0. The fraction of sp³-hybridized carbons (Fsp3) is 0.412. The molecule has 0 atom stereocenters. The van der Waals surface area contributed by atoms with Gasteiger partial charge in [-0.2, -0.15) is 0 Å². The Hall–Kier alpha value is -2.10. The summed E-state index contributed by atoms with van der Waals surface area (Å²) in [5.41, 5.74) is 3.55. The van der Waals surface area contributed by atoms with Crippen LogP contribution >= 0.6 is 0 Å². The molecule has 0 saturated heterocycles. The Labute approximate surface area is 127 Å². The number of hydrogen-bond acceptors (Lipinski definition) is 4. The van der Waals surface area contributed by atoms with Gasteiger partial charge in [0.15, 0.2) is 0 Å². The van der Waals surface area contributed by atoms with Crippen LogP contribution in [0, 0.1) is 13.8 Å². The predicted octanol–water partition coefficient (Wildman–Crippen LogP) is 4.22. The van der Waals surface area contributed by atoms with Gasteiger partial charge in [-0.05, 0) is 50.5 Å². The first-order valence-corrected chi connectivity index (χ1v) is 7.58. The molecule has 21 heavy (non-hydrogen) atoms. The smallest absolute Gasteiger partial charge is 0.136 e. The van der Waals surface area contributed by atoms with E-state index in [2.05, 4.69) is 66.5 Å². The molecule has 2 aromatic rings. The van der Waals surface area contributed by atoms with E-state index in [4.69, 9.17) is 0 Å². The zero-order valence-corrected chi connectivity index (χ0v) is 13.3. The topological polar surface area (TPSA) is 49.8 Å². The summed E-state index contributed by atoms with van der Waals surface area (Å²) in [6.45, 7) is 9.26. The summed E-state index contributed by atoms with van der Waals surface area (Å²) in [6.07, 6.45) is 1.93. The van der Waals surface area contributed by atoms with Gasteiger partial charge >= 0.3 is 0 Å². The Morgan fingerprint density at radius 2 is 1.57 bits per heavy atom. The van der Waals surface area contributed by atoms with E-state index in [1.165, 1.54) is 11.1 Å². The largest absolute Gasteiger partial charge is 0.370 e. The van der Waals surface area contributed by atoms with Gasteiger partial charge in [-0.25, -0.2) is 9.97 Å². The van der Waals surface area contributed by atoms with Gasteiger partial charge in [-0.3, -0.25) is 0 Å². The minimum atomic E-state index is 0.842. The third-order valence-corrected chi connectivity index (χ3v) is 3.10. The summed E-state index contributed by atoms with van der Waals surface area (Å²) in [5.74, 6) is 2.60. The van der Waals surface area contributed by atoms with Crippen molar-refractivity contribution < 1.29 is 0 Å². The molecule has 0 saturated carbocycles. The Morgan fingerprint density at radius 3 is 2.19 bits per heavy atom. The second kappa shape index (κ2) is 7.07. The lowest BCUT2D eigenvalue weighted by Gasteiger charge is -2.11. The Balaban J connectivity index is 2.28. The highest BCUT2D eigenvalue weighted by atomic mass is 15.1. The molecule has 0 aliphatic carbocycles. The predicted molar refractivity (Wildman–Crippen MR) is 89.4 cm³/mol. The van der Waals surface area contributed by atoms with Crippen molar-refractivity contribution in [2.75, 3.05) is 17.2 Å². The van der Waals surface area contributed by atoms with Crippen LogP contribution in [0.2, 0.25) is 0 Å². The van der Waals surface area contributed by atoms with Crippen LogP contribution in [0.5, 0.6) is 0 Å². The zero-order valence-electron chi connectivity index (χ0n) is 13.3. The highest BCUT2D eigenvalue weighted by molar-refractivity contribution is 5.60. The first-order valence-electron chi connectivity index (χ1n) is 7.58. The zero-order chi connectivity index (χ0) is 15.2. The van der Waals surface area contributed by atoms with E-state index >= 15 is 0 Å². The maximum Gasteiger partial charge on any atom is 0.136 e. The Morgan fingerprint density at radius 1 is 0.905 bits per heavy atom. The van der Waals surface area contributed by atoms with Crippen molar-refractivity contribution >= 4 is 17.3 Å². The van der Waals surface area contributed by atoms with Crippen molar-refractivity contribution in [1.29, 1.82) is 0 Å². The van der Waals surface area contributed by atoms with Crippen molar-refractivity contribution in [2.24, 2.45) is 0 Å². The van der Waals surface area contributed by atoms with Crippen LogP contribution in [0.15, 0.2) is 24.3 Å². The first kappa shape index (κ1) is 15.3. The van der Waals surface area contributed by atoms with Gasteiger partial charge in [0.1, 0.15) is 17.5 Å². The van der Waals surface area contributed by atoms with Crippen LogP contribution < -0.4 is 10.6 Å². The van der Waals surface area contributed by atoms with E-state index in [1.54, 1.807) is 0 Å².